The summed E-state index contributed by atoms with van der Waals surface area (Å²) in [6.45, 7) is 4.36. The molecule has 3 rings (SSSR count). The lowest BCUT2D eigenvalue weighted by Gasteiger charge is -2.34. The van der Waals surface area contributed by atoms with Gasteiger partial charge in [0.05, 0.1) is 0 Å². The minimum absolute atomic E-state index is 0.0557. The van der Waals surface area contributed by atoms with E-state index in [0.717, 1.165) is 38.3 Å². The molecule has 0 saturated carbocycles. The van der Waals surface area contributed by atoms with Crippen LogP contribution in [-0.2, 0) is 11.3 Å². The van der Waals surface area contributed by atoms with Crippen LogP contribution in [0.15, 0.2) is 47.2 Å². The number of hydrogen-bond donors (Lipinski definition) is 0. The van der Waals surface area contributed by atoms with Crippen molar-refractivity contribution in [2.75, 3.05) is 26.2 Å². The summed E-state index contributed by atoms with van der Waals surface area (Å²) in [5.41, 5.74) is 2.23. The molecule has 0 atom stereocenters. The molecule has 0 aliphatic carbocycles. The van der Waals surface area contributed by atoms with Crippen molar-refractivity contribution in [2.45, 2.75) is 6.54 Å². The molecule has 0 N–H and O–H groups in total. The number of amides is 1. The lowest BCUT2D eigenvalue weighted by Crippen LogP contribution is -2.47. The lowest BCUT2D eigenvalue weighted by atomic mass is 10.2. The molecule has 23 heavy (non-hydrogen) atoms. The first-order chi connectivity index (χ1) is 11.2. The molecule has 0 radical (unpaired) electrons. The Labute approximate surface area is 145 Å². The van der Waals surface area contributed by atoms with Gasteiger partial charge < -0.3 is 4.90 Å². The van der Waals surface area contributed by atoms with E-state index < -0.39 is 0 Å². The smallest absolute Gasteiger partial charge is 0.246 e. The Morgan fingerprint density at radius 3 is 2.65 bits per heavy atom. The third kappa shape index (κ3) is 4.44. The molecule has 0 bridgehead atoms. The molecule has 1 amide bonds. The SMILES string of the molecule is O=C(/C=C/c1ccccc1Cl)N1CCN(Cc2ccsc2)CC1. The monoisotopic (exact) mass is 346 g/mol. The fraction of sp³-hybridized carbons (Fsp3) is 0.278. The summed E-state index contributed by atoms with van der Waals surface area (Å²) in [6.07, 6.45) is 3.41. The quantitative estimate of drug-likeness (QED) is 0.787. The molecule has 1 aromatic carbocycles. The first-order valence-electron chi connectivity index (χ1n) is 7.67. The van der Waals surface area contributed by atoms with Crippen molar-refractivity contribution in [3.8, 4) is 0 Å². The van der Waals surface area contributed by atoms with E-state index in [9.17, 15) is 4.79 Å². The summed E-state index contributed by atoms with van der Waals surface area (Å²) in [7, 11) is 0. The Morgan fingerprint density at radius 2 is 1.96 bits per heavy atom. The van der Waals surface area contributed by atoms with Crippen LogP contribution < -0.4 is 0 Å². The summed E-state index contributed by atoms with van der Waals surface area (Å²) >= 11 is 7.83. The van der Waals surface area contributed by atoms with Crippen LogP contribution in [0.2, 0.25) is 5.02 Å². The molecule has 1 aromatic heterocycles. The van der Waals surface area contributed by atoms with E-state index in [1.165, 1.54) is 5.56 Å². The van der Waals surface area contributed by atoms with Crippen LogP contribution in [0.3, 0.4) is 0 Å². The molecule has 120 valence electrons. The Bertz CT molecular complexity index is 676. The third-order valence-corrected chi connectivity index (χ3v) is 5.06. The predicted molar refractivity (Wildman–Crippen MR) is 96.7 cm³/mol. The van der Waals surface area contributed by atoms with Gasteiger partial charge in [0.1, 0.15) is 0 Å². The normalized spacial score (nSPS) is 16.1. The molecule has 1 fully saturated rings. The highest BCUT2D eigenvalue weighted by atomic mass is 35.5. The van der Waals surface area contributed by atoms with Crippen LogP contribution in [0.5, 0.6) is 0 Å². The van der Waals surface area contributed by atoms with Gasteiger partial charge in [-0.1, -0.05) is 29.8 Å². The molecule has 1 aliphatic heterocycles. The Morgan fingerprint density at radius 1 is 1.17 bits per heavy atom. The number of carbonyl (C=O) groups excluding carboxylic acids is 1. The van der Waals surface area contributed by atoms with Crippen molar-refractivity contribution < 1.29 is 4.79 Å². The van der Waals surface area contributed by atoms with Gasteiger partial charge in [0.2, 0.25) is 5.91 Å². The minimum atomic E-state index is 0.0557. The molecule has 0 spiro atoms. The number of carbonyl (C=O) groups is 1. The summed E-state index contributed by atoms with van der Waals surface area (Å²) in [4.78, 5) is 16.6. The van der Waals surface area contributed by atoms with Crippen LogP contribution in [0.25, 0.3) is 6.08 Å². The van der Waals surface area contributed by atoms with Crippen LogP contribution >= 0.6 is 22.9 Å². The highest BCUT2D eigenvalue weighted by Crippen LogP contribution is 2.17. The number of rotatable bonds is 4. The van der Waals surface area contributed by atoms with E-state index in [0.29, 0.717) is 5.02 Å². The van der Waals surface area contributed by atoms with Gasteiger partial charge in [-0.05, 0) is 40.1 Å². The van der Waals surface area contributed by atoms with E-state index in [4.69, 9.17) is 11.6 Å². The second-order valence-corrected chi connectivity index (χ2v) is 6.78. The van der Waals surface area contributed by atoms with E-state index >= 15 is 0 Å². The number of hydrogen-bond acceptors (Lipinski definition) is 3. The maximum Gasteiger partial charge on any atom is 0.246 e. The summed E-state index contributed by atoms with van der Waals surface area (Å²) in [6, 6.07) is 9.70. The topological polar surface area (TPSA) is 23.6 Å². The molecule has 2 heterocycles. The van der Waals surface area contributed by atoms with Crippen LogP contribution in [0, 0.1) is 0 Å². The molecule has 1 saturated heterocycles. The van der Waals surface area contributed by atoms with Gasteiger partial charge in [-0.15, -0.1) is 0 Å². The molecule has 1 aliphatic rings. The number of benzene rings is 1. The first-order valence-corrected chi connectivity index (χ1v) is 8.99. The zero-order valence-corrected chi connectivity index (χ0v) is 14.4. The van der Waals surface area contributed by atoms with Gasteiger partial charge in [-0.2, -0.15) is 11.3 Å². The number of thiophene rings is 1. The molecule has 5 heteroatoms. The van der Waals surface area contributed by atoms with Gasteiger partial charge in [0.15, 0.2) is 0 Å². The second-order valence-electron chi connectivity index (χ2n) is 5.59. The predicted octanol–water partition coefficient (Wildman–Crippen LogP) is 3.76. The van der Waals surface area contributed by atoms with Gasteiger partial charge in [0, 0.05) is 43.8 Å². The minimum Gasteiger partial charge on any atom is -0.337 e. The molecular weight excluding hydrogens is 328 g/mol. The molecule has 0 unspecified atom stereocenters. The van der Waals surface area contributed by atoms with Gasteiger partial charge >= 0.3 is 0 Å². The average Bonchev–Trinajstić information content (AvgIpc) is 3.07. The van der Waals surface area contributed by atoms with Crippen molar-refractivity contribution >= 4 is 34.9 Å². The van der Waals surface area contributed by atoms with Crippen LogP contribution in [0.4, 0.5) is 0 Å². The summed E-state index contributed by atoms with van der Waals surface area (Å²) in [5.74, 6) is 0.0557. The van der Waals surface area contributed by atoms with Crippen LogP contribution in [0.1, 0.15) is 11.1 Å². The van der Waals surface area contributed by atoms with Crippen molar-refractivity contribution in [3.63, 3.8) is 0 Å². The standard InChI is InChI=1S/C18H19ClN2OS/c19-17-4-2-1-3-16(17)5-6-18(22)21-10-8-20(9-11-21)13-15-7-12-23-14-15/h1-7,12,14H,8-11,13H2/b6-5+. The maximum absolute atomic E-state index is 12.3. The van der Waals surface area contributed by atoms with Gasteiger partial charge in [0.25, 0.3) is 0 Å². The van der Waals surface area contributed by atoms with E-state index in [1.54, 1.807) is 23.5 Å². The first kappa shape index (κ1) is 16.2. The van der Waals surface area contributed by atoms with Gasteiger partial charge in [-0.3, -0.25) is 9.69 Å². The third-order valence-electron chi connectivity index (χ3n) is 3.98. The molecular formula is C18H19ClN2OS. The lowest BCUT2D eigenvalue weighted by molar-refractivity contribution is -0.127. The average molecular weight is 347 g/mol. The van der Waals surface area contributed by atoms with Crippen molar-refractivity contribution in [1.29, 1.82) is 0 Å². The number of halogens is 1. The number of nitrogens with zero attached hydrogens (tertiary/aromatic N) is 2. The highest BCUT2D eigenvalue weighted by Gasteiger charge is 2.19. The summed E-state index contributed by atoms with van der Waals surface area (Å²) < 4.78 is 0. The van der Waals surface area contributed by atoms with Gasteiger partial charge in [-0.25, -0.2) is 0 Å². The zero-order chi connectivity index (χ0) is 16.1. The highest BCUT2D eigenvalue weighted by molar-refractivity contribution is 7.07. The largest absolute Gasteiger partial charge is 0.337 e. The summed E-state index contributed by atoms with van der Waals surface area (Å²) in [5, 5.41) is 4.95. The van der Waals surface area contributed by atoms with E-state index in [1.807, 2.05) is 29.2 Å². The fourth-order valence-corrected chi connectivity index (χ4v) is 3.50. The second kappa shape index (κ2) is 7.77. The molecule has 3 nitrogen and oxygen atoms in total. The molecule has 2 aromatic rings. The van der Waals surface area contributed by atoms with E-state index in [2.05, 4.69) is 21.7 Å². The van der Waals surface area contributed by atoms with Crippen molar-refractivity contribution in [1.82, 2.24) is 9.80 Å². The van der Waals surface area contributed by atoms with Crippen molar-refractivity contribution in [3.05, 3.63) is 63.3 Å². The van der Waals surface area contributed by atoms with Crippen molar-refractivity contribution in [2.24, 2.45) is 0 Å². The maximum atomic E-state index is 12.3. The zero-order valence-electron chi connectivity index (χ0n) is 12.8. The Hall–Kier alpha value is -1.62. The Balaban J connectivity index is 1.51. The Kier molecular flexibility index (Phi) is 5.49. The van der Waals surface area contributed by atoms with Crippen LogP contribution in [-0.4, -0.2) is 41.9 Å². The number of piperazine rings is 1. The van der Waals surface area contributed by atoms with E-state index in [-0.39, 0.29) is 5.91 Å². The fourth-order valence-electron chi connectivity index (χ4n) is 2.64.